The summed E-state index contributed by atoms with van der Waals surface area (Å²) in [5.74, 6) is 1.65. The van der Waals surface area contributed by atoms with E-state index in [2.05, 4.69) is 56.7 Å². The van der Waals surface area contributed by atoms with E-state index < -0.39 is 0 Å². The Labute approximate surface area is 124 Å². The molecule has 2 rings (SSSR count). The highest BCUT2D eigenvalue weighted by atomic mass is 127. The molecule has 0 aliphatic carbocycles. The summed E-state index contributed by atoms with van der Waals surface area (Å²) in [5, 5.41) is 6.18. The molecule has 2 aromatic heterocycles. The lowest BCUT2D eigenvalue weighted by Crippen LogP contribution is -2.08. The van der Waals surface area contributed by atoms with Crippen molar-refractivity contribution in [2.75, 3.05) is 11.9 Å². The maximum atomic E-state index is 4.59. The van der Waals surface area contributed by atoms with Crippen LogP contribution >= 0.6 is 33.9 Å². The van der Waals surface area contributed by atoms with Gasteiger partial charge in [0.25, 0.3) is 0 Å². The Kier molecular flexibility index (Phi) is 4.87. The van der Waals surface area contributed by atoms with Crippen LogP contribution in [0.25, 0.3) is 10.8 Å². The van der Waals surface area contributed by atoms with E-state index in [1.165, 1.54) is 0 Å². The monoisotopic (exact) mass is 374 g/mol. The van der Waals surface area contributed by atoms with Crippen LogP contribution in [0.3, 0.4) is 0 Å². The van der Waals surface area contributed by atoms with E-state index in [4.69, 9.17) is 0 Å². The summed E-state index contributed by atoms with van der Waals surface area (Å²) >= 11 is 3.88. The topological polar surface area (TPSA) is 50.7 Å². The zero-order valence-electron chi connectivity index (χ0n) is 10.4. The van der Waals surface area contributed by atoms with Gasteiger partial charge < -0.3 is 5.32 Å². The van der Waals surface area contributed by atoms with Crippen molar-refractivity contribution in [3.05, 3.63) is 20.8 Å². The summed E-state index contributed by atoms with van der Waals surface area (Å²) in [6.45, 7) is 5.18. The molecule has 0 saturated carbocycles. The van der Waals surface area contributed by atoms with Crippen molar-refractivity contribution >= 4 is 39.7 Å². The van der Waals surface area contributed by atoms with Gasteiger partial charge in [-0.1, -0.05) is 13.8 Å². The zero-order chi connectivity index (χ0) is 13.0. The second-order valence-electron chi connectivity index (χ2n) is 3.77. The minimum atomic E-state index is 0.723. The summed E-state index contributed by atoms with van der Waals surface area (Å²) in [6, 6.07) is 0. The van der Waals surface area contributed by atoms with Crippen molar-refractivity contribution in [2.45, 2.75) is 26.7 Å². The lowest BCUT2D eigenvalue weighted by atomic mass is 10.3. The Balaban J connectivity index is 2.42. The quantitative estimate of drug-likeness (QED) is 0.813. The van der Waals surface area contributed by atoms with E-state index in [0.717, 1.165) is 45.3 Å². The van der Waals surface area contributed by atoms with Gasteiger partial charge in [-0.2, -0.15) is 0 Å². The van der Waals surface area contributed by atoms with Crippen molar-refractivity contribution in [1.82, 2.24) is 15.0 Å². The number of hydrogen-bond acceptors (Lipinski definition) is 5. The third kappa shape index (κ3) is 2.97. The molecule has 96 valence electrons. The van der Waals surface area contributed by atoms with Crippen LogP contribution in [0.5, 0.6) is 0 Å². The molecule has 0 fully saturated rings. The van der Waals surface area contributed by atoms with Gasteiger partial charge >= 0.3 is 0 Å². The number of rotatable bonds is 5. The molecule has 2 heterocycles. The molecule has 0 bridgehead atoms. The second kappa shape index (κ2) is 6.42. The highest BCUT2D eigenvalue weighted by Crippen LogP contribution is 2.25. The molecule has 6 heteroatoms. The van der Waals surface area contributed by atoms with E-state index >= 15 is 0 Å². The van der Waals surface area contributed by atoms with Crippen LogP contribution in [0.1, 0.15) is 26.0 Å². The summed E-state index contributed by atoms with van der Waals surface area (Å²) < 4.78 is 1.11. The molecular formula is C12H15IN4S. The molecule has 0 aromatic carbocycles. The molecule has 0 spiro atoms. The summed E-state index contributed by atoms with van der Waals surface area (Å²) in [5.41, 5.74) is 1.08. The molecule has 4 nitrogen and oxygen atoms in total. The molecule has 0 radical (unpaired) electrons. The summed E-state index contributed by atoms with van der Waals surface area (Å²) in [7, 11) is 0. The van der Waals surface area contributed by atoms with Crippen LogP contribution in [0, 0.1) is 3.57 Å². The van der Waals surface area contributed by atoms with E-state index in [-0.39, 0.29) is 0 Å². The molecule has 18 heavy (non-hydrogen) atoms. The Morgan fingerprint density at radius 2 is 2.17 bits per heavy atom. The fourth-order valence-electron chi connectivity index (χ4n) is 1.52. The van der Waals surface area contributed by atoms with Crippen LogP contribution < -0.4 is 5.32 Å². The zero-order valence-corrected chi connectivity index (χ0v) is 13.4. The summed E-state index contributed by atoms with van der Waals surface area (Å²) in [6.07, 6.45) is 3.76. The largest absolute Gasteiger partial charge is 0.369 e. The van der Waals surface area contributed by atoms with E-state index in [9.17, 15) is 0 Å². The molecule has 0 amide bonds. The Morgan fingerprint density at radius 3 is 2.78 bits per heavy atom. The van der Waals surface area contributed by atoms with Gasteiger partial charge in [-0.15, -0.1) is 11.3 Å². The minimum Gasteiger partial charge on any atom is -0.369 e. The Morgan fingerprint density at radius 1 is 1.33 bits per heavy atom. The number of anilines is 1. The Hall–Kier alpha value is -0.760. The van der Waals surface area contributed by atoms with Crippen LogP contribution in [-0.4, -0.2) is 21.5 Å². The average molecular weight is 374 g/mol. The lowest BCUT2D eigenvalue weighted by Gasteiger charge is -2.10. The first-order valence-electron chi connectivity index (χ1n) is 5.96. The van der Waals surface area contributed by atoms with Crippen LogP contribution in [-0.2, 0) is 6.42 Å². The van der Waals surface area contributed by atoms with Crippen molar-refractivity contribution in [3.63, 3.8) is 0 Å². The van der Waals surface area contributed by atoms with E-state index in [1.807, 2.05) is 5.38 Å². The number of aromatic nitrogens is 3. The van der Waals surface area contributed by atoms with Crippen molar-refractivity contribution in [2.24, 2.45) is 0 Å². The standard InChI is InChI=1S/C12H15IN4S/c1-3-5-14-10-9(13)8(4-2)16-11(17-10)12-15-6-7-18-12/h6-7H,3-5H2,1-2H3,(H,14,16,17). The molecular weight excluding hydrogens is 359 g/mol. The van der Waals surface area contributed by atoms with Gasteiger partial charge in [-0.05, 0) is 35.4 Å². The smallest absolute Gasteiger partial charge is 0.190 e. The molecule has 0 saturated heterocycles. The van der Waals surface area contributed by atoms with Crippen molar-refractivity contribution < 1.29 is 0 Å². The van der Waals surface area contributed by atoms with E-state index in [1.54, 1.807) is 17.5 Å². The first-order chi connectivity index (χ1) is 8.76. The van der Waals surface area contributed by atoms with E-state index in [0.29, 0.717) is 0 Å². The van der Waals surface area contributed by atoms with Gasteiger partial charge in [0, 0.05) is 18.1 Å². The number of thiazole rings is 1. The predicted molar refractivity (Wildman–Crippen MR) is 84.0 cm³/mol. The highest BCUT2D eigenvalue weighted by molar-refractivity contribution is 14.1. The number of hydrogen-bond donors (Lipinski definition) is 1. The minimum absolute atomic E-state index is 0.723. The number of nitrogens with one attached hydrogen (secondary N) is 1. The average Bonchev–Trinajstić information content (AvgIpc) is 2.91. The predicted octanol–water partition coefficient (Wildman–Crippen LogP) is 3.59. The molecule has 0 unspecified atom stereocenters. The molecule has 0 aliphatic heterocycles. The first kappa shape index (κ1) is 13.7. The van der Waals surface area contributed by atoms with Crippen LogP contribution in [0.15, 0.2) is 11.6 Å². The molecule has 0 atom stereocenters. The van der Waals surface area contributed by atoms with Gasteiger partial charge in [0.15, 0.2) is 10.8 Å². The van der Waals surface area contributed by atoms with Gasteiger partial charge in [-0.25, -0.2) is 15.0 Å². The molecule has 0 aliphatic rings. The SMILES string of the molecule is CCCNc1nc(-c2nccs2)nc(CC)c1I. The maximum Gasteiger partial charge on any atom is 0.190 e. The van der Waals surface area contributed by atoms with Gasteiger partial charge in [0.1, 0.15) is 5.82 Å². The third-order valence-electron chi connectivity index (χ3n) is 2.42. The summed E-state index contributed by atoms with van der Waals surface area (Å²) in [4.78, 5) is 13.4. The first-order valence-corrected chi connectivity index (χ1v) is 7.92. The Bertz CT molecular complexity index is 513. The fraction of sp³-hybridized carbons (Fsp3) is 0.417. The van der Waals surface area contributed by atoms with Gasteiger partial charge in [0.2, 0.25) is 0 Å². The molecule has 1 N–H and O–H groups in total. The number of aryl methyl sites for hydroxylation is 1. The normalized spacial score (nSPS) is 10.6. The van der Waals surface area contributed by atoms with Gasteiger partial charge in [-0.3, -0.25) is 0 Å². The maximum absolute atomic E-state index is 4.59. The van der Waals surface area contributed by atoms with Crippen molar-refractivity contribution in [3.8, 4) is 10.8 Å². The van der Waals surface area contributed by atoms with Gasteiger partial charge in [0.05, 0.1) is 9.26 Å². The number of halogens is 1. The lowest BCUT2D eigenvalue weighted by molar-refractivity contribution is 0.942. The van der Waals surface area contributed by atoms with Crippen molar-refractivity contribution in [1.29, 1.82) is 0 Å². The number of nitrogens with zero attached hydrogens (tertiary/aromatic N) is 3. The second-order valence-corrected chi connectivity index (χ2v) is 5.75. The third-order valence-corrected chi connectivity index (χ3v) is 4.32. The van der Waals surface area contributed by atoms with Crippen LogP contribution in [0.2, 0.25) is 0 Å². The highest BCUT2D eigenvalue weighted by Gasteiger charge is 2.13. The fourth-order valence-corrected chi connectivity index (χ4v) is 2.90. The van der Waals surface area contributed by atoms with Crippen LogP contribution in [0.4, 0.5) is 5.82 Å². The molecule has 2 aromatic rings.